The first-order valence-electron chi connectivity index (χ1n) is 4.46. The van der Waals surface area contributed by atoms with Crippen LogP contribution in [0.15, 0.2) is 24.5 Å². The van der Waals surface area contributed by atoms with Gasteiger partial charge in [0, 0.05) is 25.5 Å². The Balaban J connectivity index is 2.15. The molecule has 0 spiro atoms. The minimum absolute atomic E-state index is 0.272. The SMILES string of the molecule is COC(=O)NC(=S)NCCn1cccc1. The van der Waals surface area contributed by atoms with Gasteiger partial charge in [-0.1, -0.05) is 0 Å². The molecular weight excluding hydrogens is 214 g/mol. The van der Waals surface area contributed by atoms with Crippen LogP contribution in [0, 0.1) is 0 Å². The molecule has 82 valence electrons. The van der Waals surface area contributed by atoms with Gasteiger partial charge in [-0.2, -0.15) is 0 Å². The van der Waals surface area contributed by atoms with Gasteiger partial charge in [-0.15, -0.1) is 0 Å². The Morgan fingerprint density at radius 3 is 2.73 bits per heavy atom. The Kier molecular flexibility index (Phi) is 4.62. The molecule has 6 heteroatoms. The number of nitrogens with zero attached hydrogens (tertiary/aromatic N) is 1. The van der Waals surface area contributed by atoms with Crippen LogP contribution < -0.4 is 10.6 Å². The summed E-state index contributed by atoms with van der Waals surface area (Å²) in [6.45, 7) is 1.44. The molecule has 5 nitrogen and oxygen atoms in total. The van der Waals surface area contributed by atoms with Gasteiger partial charge in [-0.3, -0.25) is 5.32 Å². The predicted molar refractivity (Wildman–Crippen MR) is 60.6 cm³/mol. The number of methoxy groups -OCH3 is 1. The predicted octanol–water partition coefficient (Wildman–Crippen LogP) is 0.719. The highest BCUT2D eigenvalue weighted by Gasteiger charge is 2.01. The summed E-state index contributed by atoms with van der Waals surface area (Å²) < 4.78 is 6.40. The lowest BCUT2D eigenvalue weighted by atomic mass is 10.6. The summed E-state index contributed by atoms with van der Waals surface area (Å²) in [4.78, 5) is 10.7. The van der Waals surface area contributed by atoms with E-state index in [4.69, 9.17) is 12.2 Å². The molecule has 0 aromatic carbocycles. The van der Waals surface area contributed by atoms with Crippen LogP contribution in [0.3, 0.4) is 0 Å². The Morgan fingerprint density at radius 2 is 2.13 bits per heavy atom. The van der Waals surface area contributed by atoms with Gasteiger partial charge in [-0.25, -0.2) is 4.79 Å². The minimum Gasteiger partial charge on any atom is -0.453 e. The molecule has 0 fully saturated rings. The smallest absolute Gasteiger partial charge is 0.413 e. The minimum atomic E-state index is -0.562. The highest BCUT2D eigenvalue weighted by atomic mass is 32.1. The summed E-state index contributed by atoms with van der Waals surface area (Å²) in [6, 6.07) is 3.90. The van der Waals surface area contributed by atoms with Gasteiger partial charge in [0.2, 0.25) is 0 Å². The third-order valence-corrected chi connectivity index (χ3v) is 1.97. The molecule has 0 aliphatic heterocycles. The first-order valence-corrected chi connectivity index (χ1v) is 4.87. The number of amides is 1. The summed E-state index contributed by atoms with van der Waals surface area (Å²) in [6.07, 6.45) is 3.35. The molecule has 0 atom stereocenters. The Morgan fingerprint density at radius 1 is 1.47 bits per heavy atom. The number of carbonyl (C=O) groups is 1. The Hall–Kier alpha value is -1.56. The summed E-state index contributed by atoms with van der Waals surface area (Å²) in [7, 11) is 1.29. The average molecular weight is 227 g/mol. The van der Waals surface area contributed by atoms with E-state index in [1.165, 1.54) is 7.11 Å². The lowest BCUT2D eigenvalue weighted by Gasteiger charge is -2.08. The van der Waals surface area contributed by atoms with Crippen molar-refractivity contribution in [2.24, 2.45) is 0 Å². The highest BCUT2D eigenvalue weighted by molar-refractivity contribution is 7.80. The molecule has 2 N–H and O–H groups in total. The third-order valence-electron chi connectivity index (χ3n) is 1.72. The normalized spacial score (nSPS) is 9.40. The standard InChI is InChI=1S/C9H13N3O2S/c1-14-9(13)11-8(15)10-4-7-12-5-2-3-6-12/h2-3,5-6H,4,7H2,1H3,(H2,10,11,13,15). The van der Waals surface area contributed by atoms with Crippen LogP contribution in [-0.2, 0) is 11.3 Å². The third kappa shape index (κ3) is 4.46. The number of hydrogen-bond donors (Lipinski definition) is 2. The molecule has 0 unspecified atom stereocenters. The van der Waals surface area contributed by atoms with Gasteiger partial charge in [0.25, 0.3) is 0 Å². The van der Waals surface area contributed by atoms with Crippen LogP contribution in [0.2, 0.25) is 0 Å². The first-order chi connectivity index (χ1) is 7.22. The number of rotatable bonds is 3. The summed E-state index contributed by atoms with van der Waals surface area (Å²) in [5, 5.41) is 5.52. The molecule has 0 saturated heterocycles. The van der Waals surface area contributed by atoms with Crippen molar-refractivity contribution in [3.05, 3.63) is 24.5 Å². The van der Waals surface area contributed by atoms with Gasteiger partial charge in [0.1, 0.15) is 0 Å². The van der Waals surface area contributed by atoms with E-state index < -0.39 is 6.09 Å². The molecule has 0 saturated carbocycles. The van der Waals surface area contributed by atoms with Crippen molar-refractivity contribution < 1.29 is 9.53 Å². The average Bonchev–Trinajstić information content (AvgIpc) is 2.70. The van der Waals surface area contributed by atoms with E-state index in [2.05, 4.69) is 15.4 Å². The van der Waals surface area contributed by atoms with Gasteiger partial charge in [-0.05, 0) is 24.4 Å². The van der Waals surface area contributed by atoms with Gasteiger partial charge < -0.3 is 14.6 Å². The first kappa shape index (κ1) is 11.5. The largest absolute Gasteiger partial charge is 0.453 e. The zero-order valence-corrected chi connectivity index (χ0v) is 9.21. The number of hydrogen-bond acceptors (Lipinski definition) is 3. The molecule has 1 amide bonds. The maximum atomic E-state index is 10.7. The number of alkyl carbamates (subject to hydrolysis) is 1. The monoisotopic (exact) mass is 227 g/mol. The molecule has 1 aromatic heterocycles. The molecule has 0 aliphatic rings. The number of ether oxygens (including phenoxy) is 1. The lowest BCUT2D eigenvalue weighted by molar-refractivity contribution is 0.176. The van der Waals surface area contributed by atoms with Gasteiger partial charge >= 0.3 is 6.09 Å². The van der Waals surface area contributed by atoms with Crippen LogP contribution in [0.4, 0.5) is 4.79 Å². The van der Waals surface area contributed by atoms with Crippen LogP contribution in [0.1, 0.15) is 0 Å². The number of carbonyl (C=O) groups excluding carboxylic acids is 1. The molecular formula is C9H13N3O2S. The van der Waals surface area contributed by atoms with Crippen molar-refractivity contribution in [3.63, 3.8) is 0 Å². The van der Waals surface area contributed by atoms with Crippen molar-refractivity contribution in [2.45, 2.75) is 6.54 Å². The second-order valence-electron chi connectivity index (χ2n) is 2.79. The van der Waals surface area contributed by atoms with Gasteiger partial charge in [0.15, 0.2) is 5.11 Å². The molecule has 1 heterocycles. The van der Waals surface area contributed by atoms with E-state index >= 15 is 0 Å². The molecule has 1 aromatic rings. The van der Waals surface area contributed by atoms with E-state index in [9.17, 15) is 4.79 Å². The zero-order chi connectivity index (χ0) is 11.1. The maximum Gasteiger partial charge on any atom is 0.413 e. The van der Waals surface area contributed by atoms with Crippen molar-refractivity contribution >= 4 is 23.4 Å². The fourth-order valence-electron chi connectivity index (χ4n) is 1.01. The van der Waals surface area contributed by atoms with Crippen LogP contribution in [0.5, 0.6) is 0 Å². The zero-order valence-electron chi connectivity index (χ0n) is 8.40. The molecule has 0 radical (unpaired) electrons. The number of aromatic nitrogens is 1. The van der Waals surface area contributed by atoms with Crippen molar-refractivity contribution in [1.29, 1.82) is 0 Å². The summed E-state index contributed by atoms with van der Waals surface area (Å²) in [5.74, 6) is 0. The van der Waals surface area contributed by atoms with E-state index in [1.54, 1.807) is 0 Å². The number of thiocarbonyl (C=S) groups is 1. The molecule has 1 rings (SSSR count). The fraction of sp³-hybridized carbons (Fsp3) is 0.333. The molecule has 0 aliphatic carbocycles. The van der Waals surface area contributed by atoms with E-state index in [-0.39, 0.29) is 5.11 Å². The van der Waals surface area contributed by atoms with Crippen LogP contribution >= 0.6 is 12.2 Å². The number of nitrogens with one attached hydrogen (secondary N) is 2. The van der Waals surface area contributed by atoms with Crippen LogP contribution in [-0.4, -0.2) is 29.4 Å². The highest BCUT2D eigenvalue weighted by Crippen LogP contribution is 1.87. The lowest BCUT2D eigenvalue weighted by Crippen LogP contribution is -2.40. The van der Waals surface area contributed by atoms with E-state index in [0.29, 0.717) is 6.54 Å². The second kappa shape index (κ2) is 6.02. The summed E-state index contributed by atoms with van der Waals surface area (Å²) >= 11 is 4.86. The second-order valence-corrected chi connectivity index (χ2v) is 3.20. The van der Waals surface area contributed by atoms with Crippen molar-refractivity contribution in [2.75, 3.05) is 13.7 Å². The van der Waals surface area contributed by atoms with Crippen molar-refractivity contribution in [1.82, 2.24) is 15.2 Å². The van der Waals surface area contributed by atoms with E-state index in [0.717, 1.165) is 6.54 Å². The fourth-order valence-corrected chi connectivity index (χ4v) is 1.19. The van der Waals surface area contributed by atoms with Crippen molar-refractivity contribution in [3.8, 4) is 0 Å². The summed E-state index contributed by atoms with van der Waals surface area (Å²) in [5.41, 5.74) is 0. The Bertz CT molecular complexity index is 324. The van der Waals surface area contributed by atoms with E-state index in [1.807, 2.05) is 29.1 Å². The quantitative estimate of drug-likeness (QED) is 0.747. The topological polar surface area (TPSA) is 55.3 Å². The molecule has 0 bridgehead atoms. The Labute approximate surface area is 93.4 Å². The van der Waals surface area contributed by atoms with Gasteiger partial charge in [0.05, 0.1) is 7.11 Å². The molecule has 15 heavy (non-hydrogen) atoms. The van der Waals surface area contributed by atoms with Crippen LogP contribution in [0.25, 0.3) is 0 Å². The maximum absolute atomic E-state index is 10.7.